The number of benzene rings is 1. The Labute approximate surface area is 155 Å². The normalized spacial score (nSPS) is 12.0. The van der Waals surface area contributed by atoms with Crippen LogP contribution in [0.25, 0.3) is 11.3 Å². The third-order valence-electron chi connectivity index (χ3n) is 3.98. The highest BCUT2D eigenvalue weighted by molar-refractivity contribution is 6.30. The van der Waals surface area contributed by atoms with Crippen molar-refractivity contribution in [1.82, 2.24) is 20.3 Å². The number of nitrogens with zero attached hydrogens (tertiary/aromatic N) is 2. The number of rotatable bonds is 5. The van der Waals surface area contributed by atoms with Crippen LogP contribution in [0.15, 0.2) is 42.7 Å². The predicted octanol–water partition coefficient (Wildman–Crippen LogP) is 2.45. The van der Waals surface area contributed by atoms with Gasteiger partial charge in [0.1, 0.15) is 5.69 Å². The van der Waals surface area contributed by atoms with E-state index < -0.39 is 0 Å². The molecule has 2 aromatic heterocycles. The summed E-state index contributed by atoms with van der Waals surface area (Å²) in [5.74, 6) is -0.0895. The first-order chi connectivity index (χ1) is 12.5. The van der Waals surface area contributed by atoms with Crippen LogP contribution >= 0.6 is 11.6 Å². The molecule has 134 valence electrons. The second kappa shape index (κ2) is 7.55. The Hall–Kier alpha value is -2.90. The van der Waals surface area contributed by atoms with E-state index in [-0.39, 0.29) is 24.4 Å². The number of hydrogen-bond donors (Lipinski definition) is 4. The lowest BCUT2D eigenvalue weighted by atomic mass is 10.1. The number of aromatic nitrogens is 3. The van der Waals surface area contributed by atoms with Crippen molar-refractivity contribution < 1.29 is 4.79 Å². The van der Waals surface area contributed by atoms with E-state index in [4.69, 9.17) is 23.1 Å². The SMILES string of the molecule is Cc1cnc(N)nc1-c1c[nH]c(C(=O)NC(CN)c2cccc(Cl)c2)c1. The van der Waals surface area contributed by atoms with Crippen LogP contribution in [0.1, 0.15) is 27.7 Å². The molecule has 0 spiro atoms. The second-order valence-corrected chi connectivity index (χ2v) is 6.32. The van der Waals surface area contributed by atoms with E-state index in [0.717, 1.165) is 16.7 Å². The Bertz CT molecular complexity index is 939. The van der Waals surface area contributed by atoms with E-state index in [1.165, 1.54) is 0 Å². The largest absolute Gasteiger partial charge is 0.368 e. The van der Waals surface area contributed by atoms with Crippen molar-refractivity contribution in [3.63, 3.8) is 0 Å². The van der Waals surface area contributed by atoms with Gasteiger partial charge in [0.15, 0.2) is 0 Å². The Morgan fingerprint density at radius 3 is 2.92 bits per heavy atom. The lowest BCUT2D eigenvalue weighted by Gasteiger charge is -2.17. The smallest absolute Gasteiger partial charge is 0.268 e. The van der Waals surface area contributed by atoms with Gasteiger partial charge in [-0.1, -0.05) is 23.7 Å². The van der Waals surface area contributed by atoms with Gasteiger partial charge in [-0.05, 0) is 36.2 Å². The summed E-state index contributed by atoms with van der Waals surface area (Å²) in [6.45, 7) is 2.13. The van der Waals surface area contributed by atoms with Crippen molar-refractivity contribution in [2.24, 2.45) is 5.73 Å². The van der Waals surface area contributed by atoms with Gasteiger partial charge in [0.2, 0.25) is 5.95 Å². The number of amides is 1. The molecule has 6 N–H and O–H groups in total. The van der Waals surface area contributed by atoms with Crippen LogP contribution in [0, 0.1) is 6.92 Å². The zero-order valence-electron chi connectivity index (χ0n) is 14.2. The van der Waals surface area contributed by atoms with Crippen LogP contribution in [0.2, 0.25) is 5.02 Å². The average Bonchev–Trinajstić information content (AvgIpc) is 3.11. The maximum Gasteiger partial charge on any atom is 0.268 e. The molecule has 0 saturated carbocycles. The lowest BCUT2D eigenvalue weighted by Crippen LogP contribution is -2.33. The zero-order chi connectivity index (χ0) is 18.7. The van der Waals surface area contributed by atoms with E-state index in [1.807, 2.05) is 19.1 Å². The fraction of sp³-hybridized carbons (Fsp3) is 0.167. The number of nitrogens with one attached hydrogen (secondary N) is 2. The molecule has 0 saturated heterocycles. The molecule has 0 aliphatic rings. The number of nitrogens with two attached hydrogens (primary N) is 2. The van der Waals surface area contributed by atoms with Crippen molar-refractivity contribution in [3.8, 4) is 11.3 Å². The highest BCUT2D eigenvalue weighted by atomic mass is 35.5. The van der Waals surface area contributed by atoms with E-state index in [9.17, 15) is 4.79 Å². The number of carbonyl (C=O) groups excluding carboxylic acids is 1. The Balaban J connectivity index is 1.80. The first kappa shape index (κ1) is 17.9. The highest BCUT2D eigenvalue weighted by Crippen LogP contribution is 2.23. The average molecular weight is 371 g/mol. The summed E-state index contributed by atoms with van der Waals surface area (Å²) < 4.78 is 0. The number of halogens is 1. The maximum atomic E-state index is 12.6. The minimum Gasteiger partial charge on any atom is -0.368 e. The van der Waals surface area contributed by atoms with Crippen LogP contribution in [0.5, 0.6) is 0 Å². The van der Waals surface area contributed by atoms with Crippen LogP contribution in [-0.4, -0.2) is 27.4 Å². The van der Waals surface area contributed by atoms with Crippen molar-refractivity contribution in [1.29, 1.82) is 0 Å². The standard InChI is InChI=1S/C18H19ClN6O/c1-10-8-23-18(21)25-16(10)12-6-14(22-9-12)17(26)24-15(7-20)11-3-2-4-13(19)5-11/h2-6,8-9,15,22H,7,20H2,1H3,(H,24,26)(H2,21,23,25). The zero-order valence-corrected chi connectivity index (χ0v) is 14.9. The van der Waals surface area contributed by atoms with Crippen LogP contribution in [0.3, 0.4) is 0 Å². The van der Waals surface area contributed by atoms with Gasteiger partial charge in [-0.15, -0.1) is 0 Å². The van der Waals surface area contributed by atoms with E-state index >= 15 is 0 Å². The number of nitrogen functional groups attached to an aromatic ring is 1. The van der Waals surface area contributed by atoms with E-state index in [1.54, 1.807) is 30.6 Å². The second-order valence-electron chi connectivity index (χ2n) is 5.88. The Morgan fingerprint density at radius 1 is 1.38 bits per heavy atom. The van der Waals surface area contributed by atoms with Gasteiger partial charge in [0.25, 0.3) is 5.91 Å². The Kier molecular flexibility index (Phi) is 5.20. The number of aryl methyl sites for hydroxylation is 1. The topological polar surface area (TPSA) is 123 Å². The molecule has 2 heterocycles. The van der Waals surface area contributed by atoms with Crippen molar-refractivity contribution in [2.75, 3.05) is 12.3 Å². The molecule has 1 unspecified atom stereocenters. The summed E-state index contributed by atoms with van der Waals surface area (Å²) in [6, 6.07) is 8.62. The molecule has 8 heteroatoms. The molecule has 3 aromatic rings. The lowest BCUT2D eigenvalue weighted by molar-refractivity contribution is 0.0933. The van der Waals surface area contributed by atoms with Gasteiger partial charge in [-0.2, -0.15) is 0 Å². The predicted molar refractivity (Wildman–Crippen MR) is 102 cm³/mol. The number of carbonyl (C=O) groups is 1. The minimum atomic E-state index is -0.343. The summed E-state index contributed by atoms with van der Waals surface area (Å²) in [7, 11) is 0. The Morgan fingerprint density at radius 2 is 2.19 bits per heavy atom. The van der Waals surface area contributed by atoms with Crippen molar-refractivity contribution >= 4 is 23.5 Å². The van der Waals surface area contributed by atoms with Gasteiger partial charge in [0.05, 0.1) is 11.7 Å². The van der Waals surface area contributed by atoms with E-state index in [0.29, 0.717) is 16.4 Å². The molecular formula is C18H19ClN6O. The van der Waals surface area contributed by atoms with Gasteiger partial charge in [-0.3, -0.25) is 4.79 Å². The quantitative estimate of drug-likeness (QED) is 0.549. The molecule has 0 radical (unpaired) electrons. The summed E-state index contributed by atoms with van der Waals surface area (Å²) in [4.78, 5) is 23.7. The first-order valence-corrected chi connectivity index (χ1v) is 8.40. The molecule has 0 aliphatic heterocycles. The first-order valence-electron chi connectivity index (χ1n) is 8.02. The molecule has 7 nitrogen and oxygen atoms in total. The summed E-state index contributed by atoms with van der Waals surface area (Å²) >= 11 is 6.02. The molecule has 26 heavy (non-hydrogen) atoms. The number of anilines is 1. The van der Waals surface area contributed by atoms with Crippen molar-refractivity contribution in [3.05, 3.63) is 64.6 Å². The van der Waals surface area contributed by atoms with Crippen LogP contribution in [0.4, 0.5) is 5.95 Å². The fourth-order valence-corrected chi connectivity index (χ4v) is 2.85. The van der Waals surface area contributed by atoms with Crippen LogP contribution in [-0.2, 0) is 0 Å². The van der Waals surface area contributed by atoms with Gasteiger partial charge in [0, 0.05) is 29.5 Å². The molecule has 0 bridgehead atoms. The van der Waals surface area contributed by atoms with Crippen molar-refractivity contribution in [2.45, 2.75) is 13.0 Å². The minimum absolute atomic E-state index is 0.182. The highest BCUT2D eigenvalue weighted by Gasteiger charge is 2.17. The van der Waals surface area contributed by atoms with E-state index in [2.05, 4.69) is 20.3 Å². The number of H-pyrrole nitrogens is 1. The summed E-state index contributed by atoms with van der Waals surface area (Å²) in [6.07, 6.45) is 3.36. The monoisotopic (exact) mass is 370 g/mol. The van der Waals surface area contributed by atoms with Gasteiger partial charge in [-0.25, -0.2) is 9.97 Å². The molecular weight excluding hydrogens is 352 g/mol. The molecule has 1 amide bonds. The fourth-order valence-electron chi connectivity index (χ4n) is 2.65. The third-order valence-corrected chi connectivity index (χ3v) is 4.22. The molecule has 1 atom stereocenters. The van der Waals surface area contributed by atoms with Gasteiger partial charge >= 0.3 is 0 Å². The molecule has 1 aromatic carbocycles. The third kappa shape index (κ3) is 3.84. The summed E-state index contributed by atoms with van der Waals surface area (Å²) in [5.41, 5.74) is 15.0. The number of hydrogen-bond acceptors (Lipinski definition) is 5. The summed E-state index contributed by atoms with van der Waals surface area (Å²) in [5, 5.41) is 3.50. The maximum absolute atomic E-state index is 12.6. The molecule has 0 aliphatic carbocycles. The van der Waals surface area contributed by atoms with Gasteiger partial charge < -0.3 is 21.8 Å². The van der Waals surface area contributed by atoms with Crippen LogP contribution < -0.4 is 16.8 Å². The molecule has 3 rings (SSSR count). The number of aromatic amines is 1. The molecule has 0 fully saturated rings.